The molecule has 2 N–H and O–H groups in total. The molecule has 2 rings (SSSR count). The van der Waals surface area contributed by atoms with Crippen LogP contribution in [-0.4, -0.2) is 30.1 Å². The summed E-state index contributed by atoms with van der Waals surface area (Å²) in [5.74, 6) is 0.539. The van der Waals surface area contributed by atoms with Crippen LogP contribution in [0.3, 0.4) is 0 Å². The third kappa shape index (κ3) is 3.58. The number of aliphatic hydroxyl groups is 1. The zero-order valence-electron chi connectivity index (χ0n) is 12.4. The van der Waals surface area contributed by atoms with Crippen LogP contribution in [0.25, 0.3) is 0 Å². The van der Waals surface area contributed by atoms with Crippen molar-refractivity contribution in [3.05, 3.63) is 53.7 Å². The molecule has 0 fully saturated rings. The first-order valence-electron chi connectivity index (χ1n) is 6.70. The lowest BCUT2D eigenvalue weighted by Gasteiger charge is -2.14. The SMILES string of the molecule is CC(O)c1ccccc1NC(=O)c1ccc(N(C)C)nc1. The highest BCUT2D eigenvalue weighted by molar-refractivity contribution is 6.04. The molecular weight excluding hydrogens is 266 g/mol. The first-order chi connectivity index (χ1) is 9.99. The van der Waals surface area contributed by atoms with E-state index >= 15 is 0 Å². The van der Waals surface area contributed by atoms with E-state index < -0.39 is 6.10 Å². The van der Waals surface area contributed by atoms with Crippen molar-refractivity contribution >= 4 is 17.4 Å². The Bertz CT molecular complexity index is 622. The molecule has 0 bridgehead atoms. The Labute approximate surface area is 124 Å². The summed E-state index contributed by atoms with van der Waals surface area (Å²) in [6, 6.07) is 10.7. The van der Waals surface area contributed by atoms with Gasteiger partial charge in [-0.05, 0) is 25.1 Å². The molecular formula is C16H19N3O2. The van der Waals surface area contributed by atoms with Crippen LogP contribution in [0.15, 0.2) is 42.6 Å². The van der Waals surface area contributed by atoms with Gasteiger partial charge in [-0.25, -0.2) is 4.98 Å². The van der Waals surface area contributed by atoms with E-state index in [-0.39, 0.29) is 5.91 Å². The molecule has 0 saturated heterocycles. The number of hydrogen-bond acceptors (Lipinski definition) is 4. The number of hydrogen-bond donors (Lipinski definition) is 2. The van der Waals surface area contributed by atoms with Crippen LogP contribution in [0.4, 0.5) is 11.5 Å². The van der Waals surface area contributed by atoms with Gasteiger partial charge in [0.2, 0.25) is 0 Å². The maximum atomic E-state index is 12.2. The van der Waals surface area contributed by atoms with E-state index in [4.69, 9.17) is 0 Å². The second-order valence-corrected chi connectivity index (χ2v) is 5.02. The molecule has 0 aliphatic rings. The Hall–Kier alpha value is -2.40. The molecule has 0 spiro atoms. The van der Waals surface area contributed by atoms with Crippen LogP contribution in [0, 0.1) is 0 Å². The molecule has 2 aromatic rings. The molecule has 5 heteroatoms. The highest BCUT2D eigenvalue weighted by Crippen LogP contribution is 2.22. The van der Waals surface area contributed by atoms with Crippen molar-refractivity contribution < 1.29 is 9.90 Å². The van der Waals surface area contributed by atoms with Crippen molar-refractivity contribution in [3.63, 3.8) is 0 Å². The van der Waals surface area contributed by atoms with Crippen molar-refractivity contribution in [2.75, 3.05) is 24.3 Å². The molecule has 5 nitrogen and oxygen atoms in total. The first-order valence-corrected chi connectivity index (χ1v) is 6.70. The average Bonchev–Trinajstić information content (AvgIpc) is 2.47. The normalized spacial score (nSPS) is 11.8. The molecule has 1 aromatic heterocycles. The van der Waals surface area contributed by atoms with Crippen LogP contribution in [0.2, 0.25) is 0 Å². The van der Waals surface area contributed by atoms with Crippen molar-refractivity contribution in [2.45, 2.75) is 13.0 Å². The number of para-hydroxylation sites is 1. The third-order valence-electron chi connectivity index (χ3n) is 3.13. The Kier molecular flexibility index (Phi) is 4.55. The van der Waals surface area contributed by atoms with E-state index in [9.17, 15) is 9.90 Å². The smallest absolute Gasteiger partial charge is 0.257 e. The van der Waals surface area contributed by atoms with Crippen LogP contribution in [0.5, 0.6) is 0 Å². The number of carbonyl (C=O) groups is 1. The molecule has 1 atom stereocenters. The second-order valence-electron chi connectivity index (χ2n) is 5.02. The largest absolute Gasteiger partial charge is 0.389 e. The van der Waals surface area contributed by atoms with Gasteiger partial charge in [0.05, 0.1) is 11.7 Å². The van der Waals surface area contributed by atoms with Gasteiger partial charge in [-0.3, -0.25) is 4.79 Å². The van der Waals surface area contributed by atoms with Crippen molar-refractivity contribution in [3.8, 4) is 0 Å². The van der Waals surface area contributed by atoms with Crippen molar-refractivity contribution in [2.24, 2.45) is 0 Å². The van der Waals surface area contributed by atoms with Crippen LogP contribution in [-0.2, 0) is 0 Å². The van der Waals surface area contributed by atoms with Crippen LogP contribution >= 0.6 is 0 Å². The number of aliphatic hydroxyl groups excluding tert-OH is 1. The maximum absolute atomic E-state index is 12.2. The summed E-state index contributed by atoms with van der Waals surface area (Å²) in [7, 11) is 3.78. The van der Waals surface area contributed by atoms with Gasteiger partial charge in [0, 0.05) is 31.5 Å². The Morgan fingerprint density at radius 3 is 2.52 bits per heavy atom. The number of aromatic nitrogens is 1. The lowest BCUT2D eigenvalue weighted by atomic mass is 10.1. The van der Waals surface area contributed by atoms with Gasteiger partial charge in [-0.2, -0.15) is 0 Å². The third-order valence-corrected chi connectivity index (χ3v) is 3.13. The molecule has 1 heterocycles. The summed E-state index contributed by atoms with van der Waals surface area (Å²) in [4.78, 5) is 18.3. The Balaban J connectivity index is 2.18. The number of rotatable bonds is 4. The number of nitrogens with zero attached hydrogens (tertiary/aromatic N) is 2. The summed E-state index contributed by atoms with van der Waals surface area (Å²) in [5.41, 5.74) is 1.76. The zero-order chi connectivity index (χ0) is 15.4. The number of nitrogens with one attached hydrogen (secondary N) is 1. The fourth-order valence-electron chi connectivity index (χ4n) is 1.95. The van der Waals surface area contributed by atoms with Gasteiger partial charge >= 0.3 is 0 Å². The van der Waals surface area contributed by atoms with Gasteiger partial charge in [-0.15, -0.1) is 0 Å². The molecule has 0 aliphatic heterocycles. The molecule has 21 heavy (non-hydrogen) atoms. The predicted octanol–water partition coefficient (Wildman–Crippen LogP) is 2.45. The second kappa shape index (κ2) is 6.37. The lowest BCUT2D eigenvalue weighted by molar-refractivity contribution is 0.102. The van der Waals surface area contributed by atoms with Gasteiger partial charge in [-0.1, -0.05) is 18.2 Å². The van der Waals surface area contributed by atoms with E-state index in [1.807, 2.05) is 31.1 Å². The van der Waals surface area contributed by atoms with E-state index in [0.29, 0.717) is 16.8 Å². The molecule has 0 saturated carbocycles. The minimum absolute atomic E-state index is 0.249. The van der Waals surface area contributed by atoms with E-state index in [1.165, 1.54) is 6.20 Å². The van der Waals surface area contributed by atoms with Crippen molar-refractivity contribution in [1.29, 1.82) is 0 Å². The fourth-order valence-corrected chi connectivity index (χ4v) is 1.95. The molecule has 1 unspecified atom stereocenters. The molecule has 110 valence electrons. The van der Waals surface area contributed by atoms with Gasteiger partial charge < -0.3 is 15.3 Å². The van der Waals surface area contributed by atoms with E-state index in [2.05, 4.69) is 10.3 Å². The Morgan fingerprint density at radius 2 is 1.95 bits per heavy atom. The number of amides is 1. The quantitative estimate of drug-likeness (QED) is 0.905. The summed E-state index contributed by atoms with van der Waals surface area (Å²) in [6.45, 7) is 1.67. The standard InChI is InChI=1S/C16H19N3O2/c1-11(20)13-6-4-5-7-14(13)18-16(21)12-8-9-15(17-10-12)19(2)3/h4-11,20H,1-3H3,(H,18,21). The Morgan fingerprint density at radius 1 is 1.24 bits per heavy atom. The summed E-state index contributed by atoms with van der Waals surface area (Å²) in [5, 5.41) is 12.5. The first kappa shape index (κ1) is 15.0. The summed E-state index contributed by atoms with van der Waals surface area (Å²) < 4.78 is 0. The summed E-state index contributed by atoms with van der Waals surface area (Å²) >= 11 is 0. The predicted molar refractivity (Wildman–Crippen MR) is 83.6 cm³/mol. The molecule has 1 aromatic carbocycles. The maximum Gasteiger partial charge on any atom is 0.257 e. The minimum Gasteiger partial charge on any atom is -0.389 e. The van der Waals surface area contributed by atoms with Crippen LogP contribution in [0.1, 0.15) is 28.9 Å². The van der Waals surface area contributed by atoms with Gasteiger partial charge in [0.1, 0.15) is 5.82 Å². The monoisotopic (exact) mass is 285 g/mol. The average molecular weight is 285 g/mol. The molecule has 0 aliphatic carbocycles. The van der Waals surface area contributed by atoms with Gasteiger partial charge in [0.15, 0.2) is 0 Å². The lowest BCUT2D eigenvalue weighted by Crippen LogP contribution is -2.15. The van der Waals surface area contributed by atoms with E-state index in [1.54, 1.807) is 31.2 Å². The highest BCUT2D eigenvalue weighted by Gasteiger charge is 2.12. The number of pyridine rings is 1. The van der Waals surface area contributed by atoms with Crippen molar-refractivity contribution in [1.82, 2.24) is 4.98 Å². The van der Waals surface area contributed by atoms with Gasteiger partial charge in [0.25, 0.3) is 5.91 Å². The number of anilines is 2. The van der Waals surface area contributed by atoms with E-state index in [0.717, 1.165) is 5.82 Å². The van der Waals surface area contributed by atoms with Crippen LogP contribution < -0.4 is 10.2 Å². The number of benzene rings is 1. The minimum atomic E-state index is -0.643. The number of carbonyl (C=O) groups excluding carboxylic acids is 1. The fraction of sp³-hybridized carbons (Fsp3) is 0.250. The topological polar surface area (TPSA) is 65.5 Å². The molecule has 0 radical (unpaired) electrons. The summed E-state index contributed by atoms with van der Waals surface area (Å²) in [6.07, 6.45) is 0.895. The zero-order valence-corrected chi connectivity index (χ0v) is 12.4. The highest BCUT2D eigenvalue weighted by atomic mass is 16.3. The molecule has 1 amide bonds.